The van der Waals surface area contributed by atoms with E-state index in [0.29, 0.717) is 5.82 Å². The monoisotopic (exact) mass is 265 g/mol. The molecule has 0 saturated heterocycles. The van der Waals surface area contributed by atoms with Gasteiger partial charge >= 0.3 is 0 Å². The molecule has 20 heavy (non-hydrogen) atoms. The lowest BCUT2D eigenvalue weighted by atomic mass is 10.0. The van der Waals surface area contributed by atoms with Gasteiger partial charge in [0.15, 0.2) is 5.82 Å². The topological polar surface area (TPSA) is 93.1 Å². The number of hydrogen-bond acceptors (Lipinski definition) is 4. The summed E-state index contributed by atoms with van der Waals surface area (Å²) in [6.45, 7) is 1.88. The van der Waals surface area contributed by atoms with Crippen molar-refractivity contribution in [1.82, 2.24) is 10.2 Å². The van der Waals surface area contributed by atoms with Crippen LogP contribution in [0.25, 0.3) is 22.0 Å². The Morgan fingerprint density at radius 1 is 1.10 bits per heavy atom. The minimum absolute atomic E-state index is 0.525. The van der Waals surface area contributed by atoms with Gasteiger partial charge < -0.3 is 11.6 Å². The largest absolute Gasteiger partial charge is 0.382 e. The molecular weight excluding hydrogens is 250 g/mol. The van der Waals surface area contributed by atoms with Gasteiger partial charge in [0.1, 0.15) is 0 Å². The van der Waals surface area contributed by atoms with Crippen LogP contribution in [0.4, 0.5) is 5.82 Å². The van der Waals surface area contributed by atoms with E-state index in [0.717, 1.165) is 33.3 Å². The van der Waals surface area contributed by atoms with Crippen molar-refractivity contribution in [2.75, 3.05) is 5.73 Å². The third-order valence-corrected chi connectivity index (χ3v) is 3.42. The van der Waals surface area contributed by atoms with E-state index in [9.17, 15) is 0 Å². The van der Waals surface area contributed by atoms with E-state index in [1.165, 1.54) is 0 Å². The molecule has 5 heteroatoms. The van der Waals surface area contributed by atoms with Crippen LogP contribution in [0, 0.1) is 0 Å². The first-order chi connectivity index (χ1) is 9.69. The maximum atomic E-state index is 5.77. The summed E-state index contributed by atoms with van der Waals surface area (Å²) >= 11 is 0. The lowest BCUT2D eigenvalue weighted by Gasteiger charge is -2.04. The minimum Gasteiger partial charge on any atom is -0.382 e. The number of benzene rings is 2. The van der Waals surface area contributed by atoms with Crippen LogP contribution in [0.2, 0.25) is 0 Å². The van der Waals surface area contributed by atoms with Gasteiger partial charge in [-0.3, -0.25) is 5.10 Å². The summed E-state index contributed by atoms with van der Waals surface area (Å²) in [5.74, 6) is 5.81. The molecule has 0 fully saturated rings. The molecule has 0 amide bonds. The first kappa shape index (κ1) is 12.2. The lowest BCUT2D eigenvalue weighted by molar-refractivity contribution is 1.13. The predicted molar refractivity (Wildman–Crippen MR) is 82.3 cm³/mol. The molecule has 0 spiro atoms. The van der Waals surface area contributed by atoms with Crippen LogP contribution in [-0.2, 0) is 0 Å². The second-order valence-electron chi connectivity index (χ2n) is 4.66. The van der Waals surface area contributed by atoms with E-state index in [4.69, 9.17) is 11.6 Å². The average molecular weight is 265 g/mol. The highest BCUT2D eigenvalue weighted by molar-refractivity contribution is 5.99. The Kier molecular flexibility index (Phi) is 2.87. The summed E-state index contributed by atoms with van der Waals surface area (Å²) in [6, 6.07) is 14.2. The normalized spacial score (nSPS) is 11.9. The summed E-state index contributed by atoms with van der Waals surface area (Å²) in [4.78, 5) is 0. The van der Waals surface area contributed by atoms with E-state index in [2.05, 4.69) is 15.3 Å². The zero-order chi connectivity index (χ0) is 14.1. The zero-order valence-electron chi connectivity index (χ0n) is 11.1. The molecule has 1 aromatic heterocycles. The number of rotatable bonds is 2. The molecule has 5 nitrogen and oxygen atoms in total. The zero-order valence-corrected chi connectivity index (χ0v) is 11.1. The van der Waals surface area contributed by atoms with Crippen molar-refractivity contribution < 1.29 is 0 Å². The van der Waals surface area contributed by atoms with Crippen molar-refractivity contribution in [2.24, 2.45) is 10.9 Å². The van der Waals surface area contributed by atoms with Crippen molar-refractivity contribution in [3.8, 4) is 11.1 Å². The van der Waals surface area contributed by atoms with Gasteiger partial charge in [-0.2, -0.15) is 10.2 Å². The van der Waals surface area contributed by atoms with E-state index in [-0.39, 0.29) is 0 Å². The molecule has 1 heterocycles. The van der Waals surface area contributed by atoms with E-state index >= 15 is 0 Å². The molecular formula is C15H15N5. The van der Waals surface area contributed by atoms with Crippen LogP contribution < -0.4 is 11.6 Å². The number of H-pyrrole nitrogens is 1. The molecule has 0 aliphatic rings. The van der Waals surface area contributed by atoms with Gasteiger partial charge in [-0.15, -0.1) is 0 Å². The number of aromatic amines is 1. The fourth-order valence-corrected chi connectivity index (χ4v) is 2.20. The summed E-state index contributed by atoms with van der Waals surface area (Å²) < 4.78 is 0. The molecule has 0 aliphatic carbocycles. The Labute approximate surface area is 116 Å². The molecule has 0 bridgehead atoms. The number of hydrazone groups is 1. The minimum atomic E-state index is 0.525. The summed E-state index contributed by atoms with van der Waals surface area (Å²) in [7, 11) is 0. The first-order valence-electron chi connectivity index (χ1n) is 6.28. The number of aromatic nitrogens is 2. The van der Waals surface area contributed by atoms with E-state index in [1.54, 1.807) is 0 Å². The van der Waals surface area contributed by atoms with Crippen molar-refractivity contribution in [1.29, 1.82) is 0 Å². The number of nitrogen functional groups attached to an aromatic ring is 1. The molecule has 5 N–H and O–H groups in total. The molecule has 0 saturated carbocycles. The molecule has 0 atom stereocenters. The number of nitrogens with one attached hydrogen (secondary N) is 1. The van der Waals surface area contributed by atoms with E-state index in [1.807, 2.05) is 49.4 Å². The number of fused-ring (bicyclic) bond motifs is 1. The fourth-order valence-electron chi connectivity index (χ4n) is 2.20. The van der Waals surface area contributed by atoms with Gasteiger partial charge in [-0.25, -0.2) is 0 Å². The Hall–Kier alpha value is -2.82. The number of hydrogen-bond donors (Lipinski definition) is 3. The first-order valence-corrected chi connectivity index (χ1v) is 6.28. The Balaban J connectivity index is 2.02. The van der Waals surface area contributed by atoms with Crippen molar-refractivity contribution in [3.63, 3.8) is 0 Å². The van der Waals surface area contributed by atoms with Gasteiger partial charge in [0.25, 0.3) is 0 Å². The van der Waals surface area contributed by atoms with Crippen molar-refractivity contribution in [3.05, 3.63) is 48.0 Å². The maximum absolute atomic E-state index is 5.77. The number of nitrogens with two attached hydrogens (primary N) is 2. The van der Waals surface area contributed by atoms with Crippen LogP contribution in [0.1, 0.15) is 12.5 Å². The quantitative estimate of drug-likeness (QED) is 0.377. The molecule has 0 unspecified atom stereocenters. The second-order valence-corrected chi connectivity index (χ2v) is 4.66. The standard InChI is InChI=1S/C15H15N5/c1-9(18-17)10-2-4-11(5-3-10)12-6-7-13-14(8-12)19-20-15(13)16/h2-8H,17H2,1H3,(H3,16,19,20)/b18-9+. The Morgan fingerprint density at radius 2 is 1.80 bits per heavy atom. The smallest absolute Gasteiger partial charge is 0.153 e. The van der Waals surface area contributed by atoms with Gasteiger partial charge in [0.2, 0.25) is 0 Å². The van der Waals surface area contributed by atoms with Gasteiger partial charge in [0, 0.05) is 5.39 Å². The molecule has 2 aromatic carbocycles. The maximum Gasteiger partial charge on any atom is 0.153 e. The van der Waals surface area contributed by atoms with Crippen LogP contribution >= 0.6 is 0 Å². The molecule has 0 radical (unpaired) electrons. The third-order valence-electron chi connectivity index (χ3n) is 3.42. The molecule has 3 aromatic rings. The highest BCUT2D eigenvalue weighted by Crippen LogP contribution is 2.26. The lowest BCUT2D eigenvalue weighted by Crippen LogP contribution is -1.98. The summed E-state index contributed by atoms with van der Waals surface area (Å²) in [5, 5.41) is 11.6. The molecule has 0 aliphatic heterocycles. The van der Waals surface area contributed by atoms with Gasteiger partial charge in [-0.1, -0.05) is 30.3 Å². The van der Waals surface area contributed by atoms with E-state index < -0.39 is 0 Å². The molecule has 3 rings (SSSR count). The Bertz CT molecular complexity index is 784. The molecule has 100 valence electrons. The summed E-state index contributed by atoms with van der Waals surface area (Å²) in [5.41, 5.74) is 10.8. The highest BCUT2D eigenvalue weighted by atomic mass is 15.1. The van der Waals surface area contributed by atoms with Crippen LogP contribution in [0.15, 0.2) is 47.6 Å². The summed E-state index contributed by atoms with van der Waals surface area (Å²) in [6.07, 6.45) is 0. The van der Waals surface area contributed by atoms with Crippen LogP contribution in [-0.4, -0.2) is 15.9 Å². The van der Waals surface area contributed by atoms with Crippen LogP contribution in [0.5, 0.6) is 0 Å². The second kappa shape index (κ2) is 4.70. The van der Waals surface area contributed by atoms with Gasteiger partial charge in [-0.05, 0) is 35.7 Å². The Morgan fingerprint density at radius 3 is 2.50 bits per heavy atom. The van der Waals surface area contributed by atoms with Crippen molar-refractivity contribution in [2.45, 2.75) is 6.92 Å². The van der Waals surface area contributed by atoms with Crippen LogP contribution in [0.3, 0.4) is 0 Å². The number of anilines is 1. The SMILES string of the molecule is C/C(=N\N)c1ccc(-c2ccc3c(N)n[nH]c3c2)cc1. The number of nitrogens with zero attached hydrogens (tertiary/aromatic N) is 2. The highest BCUT2D eigenvalue weighted by Gasteiger charge is 2.05. The fraction of sp³-hybridized carbons (Fsp3) is 0.0667. The predicted octanol–water partition coefficient (Wildman–Crippen LogP) is 2.49. The average Bonchev–Trinajstić information content (AvgIpc) is 2.87. The third kappa shape index (κ3) is 1.99. The van der Waals surface area contributed by atoms with Gasteiger partial charge in [0.05, 0.1) is 11.2 Å². The van der Waals surface area contributed by atoms with Crippen molar-refractivity contribution >= 4 is 22.4 Å².